The van der Waals surface area contributed by atoms with Gasteiger partial charge in [0.1, 0.15) is 11.6 Å². The molecule has 2 aromatic heterocycles. The van der Waals surface area contributed by atoms with Gasteiger partial charge < -0.3 is 41.9 Å². The minimum absolute atomic E-state index is 0.0438. The molecule has 2 aliphatic rings. The first-order valence-electron chi connectivity index (χ1n) is 10.4. The number of aromatic nitrogens is 6. The third kappa shape index (κ3) is 4.46. The summed E-state index contributed by atoms with van der Waals surface area (Å²) in [6.07, 6.45) is -1.23. The molecule has 0 amide bonds. The lowest BCUT2D eigenvalue weighted by molar-refractivity contribution is -0.322. The van der Waals surface area contributed by atoms with Crippen molar-refractivity contribution in [3.05, 3.63) is 11.6 Å². The van der Waals surface area contributed by atoms with E-state index in [2.05, 4.69) is 29.9 Å². The number of nitrogen functional groups attached to an aromatic ring is 4. The van der Waals surface area contributed by atoms with Crippen LogP contribution in [0, 0.1) is 5.41 Å². The van der Waals surface area contributed by atoms with Crippen LogP contribution in [0.25, 0.3) is 0 Å². The highest BCUT2D eigenvalue weighted by Gasteiger charge is 2.49. The number of nitrogens with zero attached hydrogens (tertiary/aromatic N) is 6. The van der Waals surface area contributed by atoms with Gasteiger partial charge in [-0.25, -0.2) is 0 Å². The summed E-state index contributed by atoms with van der Waals surface area (Å²) in [6, 6.07) is 0. The van der Waals surface area contributed by atoms with E-state index in [-0.39, 0.29) is 23.8 Å². The second kappa shape index (κ2) is 8.13. The molecule has 0 radical (unpaired) electrons. The predicted octanol–water partition coefficient (Wildman–Crippen LogP) is -0.627. The maximum atomic E-state index is 6.08. The van der Waals surface area contributed by atoms with Crippen molar-refractivity contribution in [3.8, 4) is 0 Å². The van der Waals surface area contributed by atoms with E-state index >= 15 is 0 Å². The second-order valence-electron chi connectivity index (χ2n) is 9.60. The Bertz CT molecular complexity index is 892. The molecule has 0 unspecified atom stereocenters. The number of nitrogens with two attached hydrogens (primary N) is 4. The average molecular weight is 463 g/mol. The van der Waals surface area contributed by atoms with E-state index in [1.807, 2.05) is 27.7 Å². The van der Waals surface area contributed by atoms with Crippen LogP contribution in [-0.2, 0) is 29.8 Å². The Hall–Kier alpha value is -2.94. The molecule has 0 bridgehead atoms. The quantitative estimate of drug-likeness (QED) is 0.445. The lowest BCUT2D eigenvalue weighted by Crippen LogP contribution is -2.57. The van der Waals surface area contributed by atoms with Crippen LogP contribution >= 0.6 is 0 Å². The fraction of sp³-hybridized carbons (Fsp3) is 0.684. The molecule has 2 aromatic rings. The van der Waals surface area contributed by atoms with Crippen LogP contribution in [-0.4, -0.2) is 68.9 Å². The van der Waals surface area contributed by atoms with Gasteiger partial charge in [0, 0.05) is 0 Å². The normalized spacial score (nSPS) is 26.4. The van der Waals surface area contributed by atoms with Crippen molar-refractivity contribution in [2.45, 2.75) is 51.1 Å². The molecule has 4 heterocycles. The predicted molar refractivity (Wildman–Crippen MR) is 117 cm³/mol. The fourth-order valence-corrected chi connectivity index (χ4v) is 3.80. The van der Waals surface area contributed by atoms with Crippen LogP contribution < -0.4 is 22.9 Å². The van der Waals surface area contributed by atoms with Gasteiger partial charge in [0.25, 0.3) is 0 Å². The Morgan fingerprint density at radius 2 is 0.848 bits per heavy atom. The molecule has 2 saturated heterocycles. The molecule has 14 heteroatoms. The molecule has 180 valence electrons. The summed E-state index contributed by atoms with van der Waals surface area (Å²) in [7, 11) is 0. The Balaban J connectivity index is 1.40. The Morgan fingerprint density at radius 1 is 0.576 bits per heavy atom. The van der Waals surface area contributed by atoms with Crippen molar-refractivity contribution in [1.29, 1.82) is 0 Å². The van der Waals surface area contributed by atoms with E-state index < -0.39 is 28.8 Å². The molecule has 8 N–H and O–H groups in total. The van der Waals surface area contributed by atoms with Gasteiger partial charge in [-0.2, -0.15) is 29.9 Å². The molecule has 14 nitrogen and oxygen atoms in total. The zero-order valence-electron chi connectivity index (χ0n) is 19.1. The molecule has 1 spiro atoms. The number of rotatable bonds is 4. The molecule has 0 saturated carbocycles. The third-order valence-corrected chi connectivity index (χ3v) is 5.83. The van der Waals surface area contributed by atoms with Gasteiger partial charge in [0.15, 0.2) is 12.6 Å². The van der Waals surface area contributed by atoms with Gasteiger partial charge in [-0.15, -0.1) is 0 Å². The van der Waals surface area contributed by atoms with E-state index in [9.17, 15) is 0 Å². The van der Waals surface area contributed by atoms with Gasteiger partial charge in [-0.3, -0.25) is 0 Å². The number of hydrogen-bond acceptors (Lipinski definition) is 14. The van der Waals surface area contributed by atoms with Gasteiger partial charge in [-0.05, 0) is 27.7 Å². The van der Waals surface area contributed by atoms with Crippen LogP contribution in [0.2, 0.25) is 0 Å². The summed E-state index contributed by atoms with van der Waals surface area (Å²) in [5, 5.41) is 0. The van der Waals surface area contributed by atoms with Gasteiger partial charge in [0.05, 0.1) is 42.7 Å². The van der Waals surface area contributed by atoms with Gasteiger partial charge >= 0.3 is 0 Å². The smallest absolute Gasteiger partial charge is 0.225 e. The molecule has 33 heavy (non-hydrogen) atoms. The molecule has 2 aliphatic heterocycles. The van der Waals surface area contributed by atoms with Crippen molar-refractivity contribution in [1.82, 2.24) is 29.9 Å². The number of anilines is 4. The maximum Gasteiger partial charge on any atom is 0.225 e. The second-order valence-corrected chi connectivity index (χ2v) is 9.60. The van der Waals surface area contributed by atoms with E-state index in [0.29, 0.717) is 38.1 Å². The van der Waals surface area contributed by atoms with E-state index in [1.54, 1.807) is 0 Å². The lowest BCUT2D eigenvalue weighted by Gasteiger charge is -2.48. The summed E-state index contributed by atoms with van der Waals surface area (Å²) >= 11 is 0. The Morgan fingerprint density at radius 3 is 1.12 bits per heavy atom. The minimum Gasteiger partial charge on any atom is -0.368 e. The summed E-state index contributed by atoms with van der Waals surface area (Å²) in [5.74, 6) is 0.957. The van der Waals surface area contributed by atoms with Crippen LogP contribution in [0.1, 0.15) is 39.3 Å². The summed E-state index contributed by atoms with van der Waals surface area (Å²) in [5.41, 5.74) is 21.0. The lowest BCUT2D eigenvalue weighted by atomic mass is 9.85. The van der Waals surface area contributed by atoms with Crippen molar-refractivity contribution in [2.24, 2.45) is 5.41 Å². The fourth-order valence-electron chi connectivity index (χ4n) is 3.80. The SMILES string of the molecule is CC(C)(c1nc(N)nc(N)n1)C1OCC2(CO1)COC(C(C)(C)c1nc(N)nc(N)n1)OC2. The largest absolute Gasteiger partial charge is 0.368 e. The maximum absolute atomic E-state index is 6.08. The first-order valence-corrected chi connectivity index (χ1v) is 10.4. The monoisotopic (exact) mass is 462 g/mol. The van der Waals surface area contributed by atoms with Crippen LogP contribution in [0.5, 0.6) is 0 Å². The first kappa shape index (κ1) is 23.2. The number of hydrogen-bond donors (Lipinski definition) is 4. The molecular formula is C19H30N10O4. The van der Waals surface area contributed by atoms with Crippen molar-refractivity contribution in [3.63, 3.8) is 0 Å². The van der Waals surface area contributed by atoms with Crippen LogP contribution in [0.15, 0.2) is 0 Å². The molecule has 0 aromatic carbocycles. The first-order chi connectivity index (χ1) is 15.4. The van der Waals surface area contributed by atoms with Crippen molar-refractivity contribution in [2.75, 3.05) is 49.4 Å². The summed E-state index contributed by atoms with van der Waals surface area (Å²) in [6.45, 7) is 8.99. The zero-order valence-corrected chi connectivity index (χ0v) is 19.1. The average Bonchev–Trinajstić information content (AvgIpc) is 2.73. The van der Waals surface area contributed by atoms with E-state index in [0.717, 1.165) is 0 Å². The Kier molecular flexibility index (Phi) is 5.72. The highest BCUT2D eigenvalue weighted by Crippen LogP contribution is 2.39. The highest BCUT2D eigenvalue weighted by atomic mass is 16.7. The topological polar surface area (TPSA) is 218 Å². The third-order valence-electron chi connectivity index (χ3n) is 5.83. The van der Waals surface area contributed by atoms with E-state index in [1.165, 1.54) is 0 Å². The summed E-state index contributed by atoms with van der Waals surface area (Å²) in [4.78, 5) is 24.4. The van der Waals surface area contributed by atoms with E-state index in [4.69, 9.17) is 41.9 Å². The molecule has 0 atom stereocenters. The molecule has 0 aliphatic carbocycles. The van der Waals surface area contributed by atoms with Crippen molar-refractivity contribution >= 4 is 23.8 Å². The molecule has 4 rings (SSSR count). The zero-order chi connectivity index (χ0) is 24.0. The van der Waals surface area contributed by atoms with Crippen molar-refractivity contribution < 1.29 is 18.9 Å². The van der Waals surface area contributed by atoms with Crippen LogP contribution in [0.4, 0.5) is 23.8 Å². The van der Waals surface area contributed by atoms with Gasteiger partial charge in [0.2, 0.25) is 23.8 Å². The van der Waals surface area contributed by atoms with Crippen LogP contribution in [0.3, 0.4) is 0 Å². The molecule has 2 fully saturated rings. The minimum atomic E-state index is -0.716. The highest BCUT2D eigenvalue weighted by molar-refractivity contribution is 5.29. The number of ether oxygens (including phenoxy) is 4. The molecular weight excluding hydrogens is 432 g/mol. The van der Waals surface area contributed by atoms with Gasteiger partial charge in [-0.1, -0.05) is 0 Å². The Labute approximate surface area is 190 Å². The standard InChI is InChI=1S/C19H30N10O4/c1-17(2,9-24-13(20)28-14(21)25-9)11-30-5-19(6-31-11)7-32-12(33-8-19)18(3,4)10-26-15(22)29-16(23)27-10/h11-12H,5-8H2,1-4H3,(H4,20,21,24,25,28)(H4,22,23,26,27,29). The summed E-state index contributed by atoms with van der Waals surface area (Å²) < 4.78 is 24.3.